The number of carbonyl (C=O) groups is 1. The Morgan fingerprint density at radius 2 is 2.36 bits per heavy atom. The molecule has 0 spiro atoms. The quantitative estimate of drug-likeness (QED) is 0.489. The van der Waals surface area contributed by atoms with Crippen molar-refractivity contribution in [1.29, 1.82) is 0 Å². The molecule has 0 saturated heterocycles. The second kappa shape index (κ2) is 7.74. The van der Waals surface area contributed by atoms with Crippen LogP contribution >= 0.6 is 23.6 Å². The molecular weight excluding hydrogens is 316 g/mol. The molecule has 0 fully saturated rings. The van der Waals surface area contributed by atoms with Crippen LogP contribution in [0.15, 0.2) is 12.7 Å². The molecule has 1 aliphatic rings. The summed E-state index contributed by atoms with van der Waals surface area (Å²) in [6.07, 6.45) is 4.78. The van der Waals surface area contributed by atoms with Crippen LogP contribution < -0.4 is 10.6 Å². The van der Waals surface area contributed by atoms with E-state index in [1.165, 1.54) is 4.88 Å². The Morgan fingerprint density at radius 1 is 1.59 bits per heavy atom. The maximum Gasteiger partial charge on any atom is 0.341 e. The Labute approximate surface area is 140 Å². The van der Waals surface area contributed by atoms with Gasteiger partial charge < -0.3 is 15.4 Å². The number of thiocarbonyl (C=S) groups is 1. The molecule has 6 heteroatoms. The Bertz CT molecular complexity index is 581. The summed E-state index contributed by atoms with van der Waals surface area (Å²) < 4.78 is 5.23. The lowest BCUT2D eigenvalue weighted by Gasteiger charge is -2.18. The number of hydrogen-bond donors (Lipinski definition) is 2. The van der Waals surface area contributed by atoms with Crippen LogP contribution in [0.4, 0.5) is 5.00 Å². The van der Waals surface area contributed by atoms with Crippen molar-refractivity contribution in [2.24, 2.45) is 5.92 Å². The average molecular weight is 338 g/mol. The van der Waals surface area contributed by atoms with E-state index in [4.69, 9.17) is 17.0 Å². The van der Waals surface area contributed by atoms with Gasteiger partial charge in [0.2, 0.25) is 0 Å². The molecule has 0 unspecified atom stereocenters. The van der Waals surface area contributed by atoms with Gasteiger partial charge in [-0.15, -0.1) is 17.9 Å². The van der Waals surface area contributed by atoms with E-state index < -0.39 is 0 Å². The molecule has 1 aliphatic carbocycles. The van der Waals surface area contributed by atoms with Crippen molar-refractivity contribution < 1.29 is 9.53 Å². The smallest absolute Gasteiger partial charge is 0.341 e. The van der Waals surface area contributed by atoms with E-state index in [-0.39, 0.29) is 5.97 Å². The number of nitrogens with one attached hydrogen (secondary N) is 2. The van der Waals surface area contributed by atoms with Crippen LogP contribution in [-0.2, 0) is 17.6 Å². The Balaban J connectivity index is 2.29. The molecule has 0 aliphatic heterocycles. The highest BCUT2D eigenvalue weighted by molar-refractivity contribution is 7.80. The largest absolute Gasteiger partial charge is 0.462 e. The highest BCUT2D eigenvalue weighted by Crippen LogP contribution is 2.40. The van der Waals surface area contributed by atoms with E-state index in [0.717, 1.165) is 29.8 Å². The number of anilines is 1. The molecule has 1 atom stereocenters. The van der Waals surface area contributed by atoms with Gasteiger partial charge in [-0.1, -0.05) is 13.0 Å². The van der Waals surface area contributed by atoms with Crippen LogP contribution in [0.3, 0.4) is 0 Å². The van der Waals surface area contributed by atoms with Crippen LogP contribution in [0, 0.1) is 5.92 Å². The third-order valence-electron chi connectivity index (χ3n) is 3.63. The van der Waals surface area contributed by atoms with E-state index in [9.17, 15) is 4.79 Å². The first-order chi connectivity index (χ1) is 10.6. The van der Waals surface area contributed by atoms with Gasteiger partial charge >= 0.3 is 5.97 Å². The molecule has 2 N–H and O–H groups in total. The lowest BCUT2D eigenvalue weighted by atomic mass is 9.88. The van der Waals surface area contributed by atoms with Crippen molar-refractivity contribution in [2.45, 2.75) is 33.1 Å². The third-order valence-corrected chi connectivity index (χ3v) is 5.04. The second-order valence-corrected chi connectivity index (χ2v) is 6.91. The molecule has 0 aromatic carbocycles. The van der Waals surface area contributed by atoms with E-state index in [1.54, 1.807) is 17.4 Å². The fourth-order valence-corrected chi connectivity index (χ4v) is 4.22. The molecule has 4 nitrogen and oxygen atoms in total. The first kappa shape index (κ1) is 17.0. The zero-order valence-corrected chi connectivity index (χ0v) is 14.7. The minimum atomic E-state index is -0.261. The number of esters is 1. The third kappa shape index (κ3) is 3.87. The number of fused-ring (bicyclic) bond motifs is 1. The fraction of sp³-hybridized carbons (Fsp3) is 0.500. The number of ether oxygens (including phenoxy) is 1. The van der Waals surface area contributed by atoms with Crippen LogP contribution in [0.5, 0.6) is 0 Å². The van der Waals surface area contributed by atoms with Crippen molar-refractivity contribution in [2.75, 3.05) is 18.5 Å². The molecule has 1 aromatic heterocycles. The van der Waals surface area contributed by atoms with E-state index in [0.29, 0.717) is 29.7 Å². The van der Waals surface area contributed by atoms with E-state index in [2.05, 4.69) is 24.1 Å². The van der Waals surface area contributed by atoms with Crippen LogP contribution in [0.2, 0.25) is 0 Å². The number of hydrogen-bond acceptors (Lipinski definition) is 4. The Morgan fingerprint density at radius 3 is 3.05 bits per heavy atom. The van der Waals surface area contributed by atoms with Crippen molar-refractivity contribution in [1.82, 2.24) is 5.32 Å². The topological polar surface area (TPSA) is 50.4 Å². The molecule has 120 valence electrons. The SMILES string of the molecule is C=CCNC(=S)Nc1sc2c(c1C(=O)OCC)CC[C@@H](C)C2. The molecule has 0 saturated carbocycles. The first-order valence-corrected chi connectivity index (χ1v) is 8.76. The highest BCUT2D eigenvalue weighted by Gasteiger charge is 2.28. The summed E-state index contributed by atoms with van der Waals surface area (Å²) in [5.74, 6) is 0.392. The van der Waals surface area contributed by atoms with Gasteiger partial charge in [0, 0.05) is 11.4 Å². The number of carbonyl (C=O) groups excluding carboxylic acids is 1. The van der Waals surface area contributed by atoms with Gasteiger partial charge in [-0.25, -0.2) is 4.79 Å². The monoisotopic (exact) mass is 338 g/mol. The summed E-state index contributed by atoms with van der Waals surface area (Å²) in [5, 5.41) is 7.46. The van der Waals surface area contributed by atoms with Crippen molar-refractivity contribution in [3.8, 4) is 0 Å². The average Bonchev–Trinajstić information content (AvgIpc) is 2.82. The van der Waals surface area contributed by atoms with Gasteiger partial charge in [-0.05, 0) is 49.9 Å². The van der Waals surface area contributed by atoms with Crippen molar-refractivity contribution in [3.63, 3.8) is 0 Å². The van der Waals surface area contributed by atoms with Gasteiger partial charge in [0.25, 0.3) is 0 Å². The second-order valence-electron chi connectivity index (χ2n) is 5.40. The molecule has 0 bridgehead atoms. The lowest BCUT2D eigenvalue weighted by molar-refractivity contribution is 0.0526. The molecule has 1 aromatic rings. The summed E-state index contributed by atoms with van der Waals surface area (Å²) in [4.78, 5) is 13.6. The number of thiophene rings is 1. The van der Waals surface area contributed by atoms with Gasteiger partial charge in [-0.3, -0.25) is 0 Å². The van der Waals surface area contributed by atoms with Gasteiger partial charge in [0.1, 0.15) is 5.00 Å². The maximum atomic E-state index is 12.3. The summed E-state index contributed by atoms with van der Waals surface area (Å²) in [5.41, 5.74) is 1.80. The molecule has 2 rings (SSSR count). The Hall–Kier alpha value is -1.40. The predicted molar refractivity (Wildman–Crippen MR) is 95.9 cm³/mol. The van der Waals surface area contributed by atoms with Crippen molar-refractivity contribution >= 4 is 39.6 Å². The summed E-state index contributed by atoms with van der Waals surface area (Å²) in [6, 6.07) is 0. The molecular formula is C16H22N2O2S2. The van der Waals surface area contributed by atoms with Crippen LogP contribution in [0.1, 0.15) is 41.1 Å². The van der Waals surface area contributed by atoms with Gasteiger partial charge in [0.15, 0.2) is 5.11 Å². The van der Waals surface area contributed by atoms with Gasteiger partial charge in [0.05, 0.1) is 12.2 Å². The molecule has 0 radical (unpaired) electrons. The minimum absolute atomic E-state index is 0.261. The summed E-state index contributed by atoms with van der Waals surface area (Å²) in [7, 11) is 0. The fourth-order valence-electron chi connectivity index (χ4n) is 2.57. The molecule has 1 heterocycles. The molecule has 0 amide bonds. The van der Waals surface area contributed by atoms with Crippen molar-refractivity contribution in [3.05, 3.63) is 28.7 Å². The predicted octanol–water partition coefficient (Wildman–Crippen LogP) is 3.52. The zero-order chi connectivity index (χ0) is 16.1. The standard InChI is InChI=1S/C16H22N2O2S2/c1-4-8-17-16(21)18-14-13(15(19)20-5-2)11-7-6-10(3)9-12(11)22-14/h4,10H,1,5-9H2,2-3H3,(H2,17,18,21)/t10-/m1/s1. The molecule has 22 heavy (non-hydrogen) atoms. The Kier molecular flexibility index (Phi) is 5.97. The van der Waals surface area contributed by atoms with E-state index >= 15 is 0 Å². The highest BCUT2D eigenvalue weighted by atomic mass is 32.1. The summed E-state index contributed by atoms with van der Waals surface area (Å²) >= 11 is 6.88. The lowest BCUT2D eigenvalue weighted by Crippen LogP contribution is -2.28. The van der Waals surface area contributed by atoms with Crippen LogP contribution in [-0.4, -0.2) is 24.2 Å². The normalized spacial score (nSPS) is 16.5. The maximum absolute atomic E-state index is 12.3. The zero-order valence-electron chi connectivity index (χ0n) is 13.0. The van der Waals surface area contributed by atoms with E-state index in [1.807, 2.05) is 6.92 Å². The summed E-state index contributed by atoms with van der Waals surface area (Å²) in [6.45, 7) is 8.68. The number of rotatable bonds is 5. The first-order valence-electron chi connectivity index (χ1n) is 7.54. The van der Waals surface area contributed by atoms with Gasteiger partial charge in [-0.2, -0.15) is 0 Å². The van der Waals surface area contributed by atoms with Crippen LogP contribution in [0.25, 0.3) is 0 Å². The minimum Gasteiger partial charge on any atom is -0.462 e.